The zero-order chi connectivity index (χ0) is 39.6. The lowest BCUT2D eigenvalue weighted by atomic mass is 10.1. The number of carboxylic acid groups (broad SMARTS) is 1. The first-order chi connectivity index (χ1) is 28.0. The van der Waals surface area contributed by atoms with Gasteiger partial charge in [-0.15, -0.1) is 22.7 Å². The number of unbranched alkanes of at least 4 members (excludes halogenated alkanes) is 5. The number of fused-ring (bicyclic) bond motifs is 2. The van der Waals surface area contributed by atoms with Gasteiger partial charge in [0.25, 0.3) is 0 Å². The maximum absolute atomic E-state index is 11.7. The molecule has 0 radical (unpaired) electrons. The molecule has 5 aromatic rings. The van der Waals surface area contributed by atoms with E-state index in [1.807, 2.05) is 24.3 Å². The normalized spacial score (nSPS) is 13.2. The van der Waals surface area contributed by atoms with Crippen LogP contribution >= 0.6 is 22.7 Å². The summed E-state index contributed by atoms with van der Waals surface area (Å²) in [5.74, 6) is 2.55. The molecule has 0 saturated heterocycles. The third kappa shape index (κ3) is 9.17. The van der Waals surface area contributed by atoms with Crippen molar-refractivity contribution in [1.29, 1.82) is 5.26 Å². The number of anilines is 3. The second-order valence-electron chi connectivity index (χ2n) is 13.6. The van der Waals surface area contributed by atoms with Crippen LogP contribution in [0.4, 0.5) is 17.1 Å². The molecule has 0 unspecified atom stereocenters. The maximum Gasteiger partial charge on any atom is 0.346 e. The number of thiophene rings is 2. The van der Waals surface area contributed by atoms with Gasteiger partial charge in [0.05, 0.1) is 32.7 Å². The Morgan fingerprint density at radius 1 is 0.667 bits per heavy atom. The van der Waals surface area contributed by atoms with Gasteiger partial charge in [-0.1, -0.05) is 58.1 Å². The van der Waals surface area contributed by atoms with Crippen LogP contribution in [-0.2, 0) is 4.79 Å². The van der Waals surface area contributed by atoms with Crippen molar-refractivity contribution < 1.29 is 38.3 Å². The number of carboxylic acids is 1. The van der Waals surface area contributed by atoms with Crippen molar-refractivity contribution in [3.8, 4) is 60.8 Å². The van der Waals surface area contributed by atoms with Gasteiger partial charge in [-0.25, -0.2) is 4.79 Å². The molecule has 0 aliphatic carbocycles. The van der Waals surface area contributed by atoms with Crippen LogP contribution in [0.3, 0.4) is 0 Å². The molecule has 0 saturated carbocycles. The molecule has 57 heavy (non-hydrogen) atoms. The van der Waals surface area contributed by atoms with Crippen LogP contribution in [0.5, 0.6) is 34.5 Å². The number of ether oxygens (including phenoxy) is 6. The van der Waals surface area contributed by atoms with E-state index in [0.717, 1.165) is 74.4 Å². The molecule has 0 amide bonds. The number of hydrogen-bond acceptors (Lipinski definition) is 11. The average molecular weight is 807 g/mol. The molecule has 2 aromatic heterocycles. The Balaban J connectivity index is 1.21. The van der Waals surface area contributed by atoms with E-state index in [1.54, 1.807) is 6.07 Å². The van der Waals surface area contributed by atoms with Crippen molar-refractivity contribution in [2.75, 3.05) is 44.5 Å². The van der Waals surface area contributed by atoms with Crippen LogP contribution < -0.4 is 33.3 Å². The topological polar surface area (TPSA) is 120 Å². The standard InChI is InChI=1S/C45H46N2O8S2/c1-3-5-7-9-23-51-36-20-16-34(17-21-36)47(33-14-18-35(19-15-33)50-22-8-6-4-2)32-12-10-30(11-13-32)42-40-41(55-27-26-54-40)44(57-42)43-39-38(52-24-25-53-39)37(56-43)28-31(29-46)45(48)49/h10-21,28H,3-9,22-27H2,1-2H3,(H,48,49)/b31-28+. The molecule has 0 bridgehead atoms. The predicted octanol–water partition coefficient (Wildman–Crippen LogP) is 11.7. The Morgan fingerprint density at radius 3 is 1.65 bits per heavy atom. The fourth-order valence-electron chi connectivity index (χ4n) is 6.63. The van der Waals surface area contributed by atoms with E-state index in [2.05, 4.69) is 67.3 Å². The molecular formula is C45H46N2O8S2. The lowest BCUT2D eigenvalue weighted by Gasteiger charge is -2.26. The van der Waals surface area contributed by atoms with Crippen LogP contribution in [0.25, 0.3) is 26.3 Å². The minimum atomic E-state index is -1.31. The van der Waals surface area contributed by atoms with Gasteiger partial charge in [0.2, 0.25) is 0 Å². The first-order valence-electron chi connectivity index (χ1n) is 19.6. The molecule has 1 N–H and O–H groups in total. The molecule has 2 aliphatic rings. The molecule has 296 valence electrons. The molecule has 0 fully saturated rings. The second kappa shape index (κ2) is 19.0. The second-order valence-corrected chi connectivity index (χ2v) is 15.6. The Bertz CT molecular complexity index is 2200. The summed E-state index contributed by atoms with van der Waals surface area (Å²) < 4.78 is 36.6. The van der Waals surface area contributed by atoms with Gasteiger partial charge in [-0.2, -0.15) is 5.26 Å². The van der Waals surface area contributed by atoms with E-state index in [4.69, 9.17) is 28.4 Å². The minimum absolute atomic E-state index is 0.309. The largest absolute Gasteiger partial charge is 0.494 e. The number of nitrogens with zero attached hydrogens (tertiary/aromatic N) is 2. The lowest BCUT2D eigenvalue weighted by molar-refractivity contribution is -0.132. The highest BCUT2D eigenvalue weighted by atomic mass is 32.1. The highest BCUT2D eigenvalue weighted by Gasteiger charge is 2.33. The molecular weight excluding hydrogens is 761 g/mol. The van der Waals surface area contributed by atoms with Gasteiger partial charge in [-0.3, -0.25) is 0 Å². The molecule has 4 heterocycles. The SMILES string of the molecule is CCCCCCOc1ccc(N(c2ccc(OCCCCC)cc2)c2ccc(-c3sc(-c4sc(/C=C(\C#N)C(=O)O)c5c4OCCO5)c4c3OCCO4)cc2)cc1. The zero-order valence-corrected chi connectivity index (χ0v) is 33.8. The van der Waals surface area contributed by atoms with Crippen molar-refractivity contribution in [1.82, 2.24) is 0 Å². The quantitative estimate of drug-likeness (QED) is 0.0520. The summed E-state index contributed by atoms with van der Waals surface area (Å²) >= 11 is 2.81. The Morgan fingerprint density at radius 2 is 1.12 bits per heavy atom. The van der Waals surface area contributed by atoms with Crippen molar-refractivity contribution in [2.24, 2.45) is 0 Å². The van der Waals surface area contributed by atoms with Gasteiger partial charge in [0.15, 0.2) is 23.0 Å². The van der Waals surface area contributed by atoms with Gasteiger partial charge < -0.3 is 38.4 Å². The first-order valence-corrected chi connectivity index (χ1v) is 21.2. The zero-order valence-electron chi connectivity index (χ0n) is 32.2. The van der Waals surface area contributed by atoms with E-state index < -0.39 is 11.5 Å². The average Bonchev–Trinajstić information content (AvgIpc) is 3.81. The highest BCUT2D eigenvalue weighted by molar-refractivity contribution is 7.25. The summed E-state index contributed by atoms with van der Waals surface area (Å²) in [4.78, 5) is 16.8. The van der Waals surface area contributed by atoms with Gasteiger partial charge >= 0.3 is 5.97 Å². The van der Waals surface area contributed by atoms with E-state index in [-0.39, 0.29) is 0 Å². The smallest absolute Gasteiger partial charge is 0.346 e. The van der Waals surface area contributed by atoms with Crippen molar-refractivity contribution in [2.45, 2.75) is 58.8 Å². The highest BCUT2D eigenvalue weighted by Crippen LogP contribution is 2.60. The molecule has 0 atom stereocenters. The third-order valence-corrected chi connectivity index (χ3v) is 12.0. The number of benzene rings is 3. The van der Waals surface area contributed by atoms with Crippen LogP contribution in [0.15, 0.2) is 78.4 Å². The van der Waals surface area contributed by atoms with Crippen molar-refractivity contribution in [3.05, 3.63) is 83.2 Å². The number of hydrogen-bond donors (Lipinski definition) is 1. The molecule has 10 nitrogen and oxygen atoms in total. The predicted molar refractivity (Wildman–Crippen MR) is 226 cm³/mol. The van der Waals surface area contributed by atoms with E-state index in [0.29, 0.717) is 67.5 Å². The fourth-order valence-corrected chi connectivity index (χ4v) is 9.09. The molecule has 2 aliphatic heterocycles. The summed E-state index contributed by atoms with van der Waals surface area (Å²) in [6.45, 7) is 7.22. The van der Waals surface area contributed by atoms with Crippen LogP contribution in [-0.4, -0.2) is 50.7 Å². The Labute approximate surface area is 341 Å². The van der Waals surface area contributed by atoms with E-state index >= 15 is 0 Å². The Hall–Kier alpha value is -5.64. The molecule has 12 heteroatoms. The summed E-state index contributed by atoms with van der Waals surface area (Å²) in [5, 5.41) is 19.0. The Kier molecular flexibility index (Phi) is 13.2. The van der Waals surface area contributed by atoms with E-state index in [1.165, 1.54) is 48.0 Å². The monoisotopic (exact) mass is 806 g/mol. The van der Waals surface area contributed by atoms with E-state index in [9.17, 15) is 15.2 Å². The number of nitriles is 1. The minimum Gasteiger partial charge on any atom is -0.494 e. The first kappa shape index (κ1) is 39.6. The summed E-state index contributed by atoms with van der Waals surface area (Å²) in [7, 11) is 0. The van der Waals surface area contributed by atoms with Crippen molar-refractivity contribution >= 4 is 51.8 Å². The maximum atomic E-state index is 11.7. The molecule has 0 spiro atoms. The van der Waals surface area contributed by atoms with Gasteiger partial charge in [0.1, 0.15) is 49.6 Å². The summed E-state index contributed by atoms with van der Waals surface area (Å²) in [5.41, 5.74) is 3.49. The number of carbonyl (C=O) groups is 1. The summed E-state index contributed by atoms with van der Waals surface area (Å²) in [6, 6.07) is 26.6. The molecule has 3 aromatic carbocycles. The third-order valence-electron chi connectivity index (χ3n) is 9.52. The van der Waals surface area contributed by atoms with Crippen LogP contribution in [0.1, 0.15) is 63.7 Å². The number of aliphatic carboxylic acids is 1. The van der Waals surface area contributed by atoms with Crippen LogP contribution in [0.2, 0.25) is 0 Å². The molecule has 7 rings (SSSR count). The van der Waals surface area contributed by atoms with Crippen molar-refractivity contribution in [3.63, 3.8) is 0 Å². The van der Waals surface area contributed by atoms with Gasteiger partial charge in [-0.05, 0) is 85.1 Å². The lowest BCUT2D eigenvalue weighted by Crippen LogP contribution is -2.15. The summed E-state index contributed by atoms with van der Waals surface area (Å²) in [6.07, 6.45) is 9.28. The fraction of sp³-hybridized carbons (Fsp3) is 0.333. The van der Waals surface area contributed by atoms with Crippen LogP contribution in [0, 0.1) is 11.3 Å². The van der Waals surface area contributed by atoms with Gasteiger partial charge in [0, 0.05) is 17.1 Å². The number of rotatable bonds is 18.